The zero-order chi connectivity index (χ0) is 16.8. The quantitative estimate of drug-likeness (QED) is 0.775. The molecule has 0 unspecified atom stereocenters. The van der Waals surface area contributed by atoms with Crippen LogP contribution in [0.2, 0.25) is 0 Å². The van der Waals surface area contributed by atoms with Gasteiger partial charge < -0.3 is 10.6 Å². The van der Waals surface area contributed by atoms with Crippen molar-refractivity contribution in [3.63, 3.8) is 0 Å². The van der Waals surface area contributed by atoms with Crippen molar-refractivity contribution < 1.29 is 9.18 Å². The molecule has 1 atom stereocenters. The summed E-state index contributed by atoms with van der Waals surface area (Å²) in [7, 11) is 0. The lowest BCUT2D eigenvalue weighted by atomic mass is 9.96. The van der Waals surface area contributed by atoms with Gasteiger partial charge in [-0.1, -0.05) is 48.0 Å². The summed E-state index contributed by atoms with van der Waals surface area (Å²) in [5, 5.41) is 6.09. The molecule has 0 aliphatic rings. The first-order valence-corrected chi connectivity index (χ1v) is 8.29. The van der Waals surface area contributed by atoms with Crippen molar-refractivity contribution in [2.24, 2.45) is 5.92 Å². The molecule has 0 aromatic heterocycles. The van der Waals surface area contributed by atoms with Crippen LogP contribution in [0.15, 0.2) is 53.0 Å². The van der Waals surface area contributed by atoms with Crippen molar-refractivity contribution in [3.8, 4) is 0 Å². The summed E-state index contributed by atoms with van der Waals surface area (Å²) in [6, 6.07) is 13.8. The van der Waals surface area contributed by atoms with Crippen LogP contribution < -0.4 is 10.6 Å². The minimum absolute atomic E-state index is 0.0103. The van der Waals surface area contributed by atoms with Crippen LogP contribution >= 0.6 is 15.9 Å². The second-order valence-electron chi connectivity index (χ2n) is 5.71. The maximum atomic E-state index is 13.1. The van der Waals surface area contributed by atoms with Crippen LogP contribution in [0.25, 0.3) is 0 Å². The maximum absolute atomic E-state index is 13.1. The Hall–Kier alpha value is -1.72. The topological polar surface area (TPSA) is 41.1 Å². The summed E-state index contributed by atoms with van der Waals surface area (Å²) in [4.78, 5) is 12.1. The highest BCUT2D eigenvalue weighted by Gasteiger charge is 2.16. The van der Waals surface area contributed by atoms with Crippen LogP contribution in [0.3, 0.4) is 0 Å². The molecular formula is C18H20BrFN2O. The zero-order valence-electron chi connectivity index (χ0n) is 13.1. The third kappa shape index (κ3) is 5.44. The number of carbonyl (C=O) groups excluding carboxylic acids is 1. The molecule has 1 amide bonds. The Morgan fingerprint density at radius 1 is 1.17 bits per heavy atom. The van der Waals surface area contributed by atoms with Gasteiger partial charge in [-0.3, -0.25) is 4.79 Å². The molecule has 0 heterocycles. The third-order valence-electron chi connectivity index (χ3n) is 3.49. The van der Waals surface area contributed by atoms with Crippen molar-refractivity contribution in [3.05, 3.63) is 64.4 Å². The van der Waals surface area contributed by atoms with Gasteiger partial charge in [-0.25, -0.2) is 4.39 Å². The Balaban J connectivity index is 1.96. The highest BCUT2D eigenvalue weighted by atomic mass is 79.9. The first kappa shape index (κ1) is 17.6. The van der Waals surface area contributed by atoms with E-state index in [2.05, 4.69) is 40.4 Å². The molecule has 2 aromatic carbocycles. The van der Waals surface area contributed by atoms with E-state index in [0.717, 1.165) is 15.7 Å². The van der Waals surface area contributed by atoms with Crippen molar-refractivity contribution >= 4 is 27.5 Å². The Morgan fingerprint density at radius 2 is 1.87 bits per heavy atom. The number of benzene rings is 2. The number of hydrogen-bond acceptors (Lipinski definition) is 2. The molecule has 23 heavy (non-hydrogen) atoms. The lowest BCUT2D eigenvalue weighted by Gasteiger charge is -2.22. The van der Waals surface area contributed by atoms with E-state index in [1.54, 1.807) is 12.1 Å². The highest BCUT2D eigenvalue weighted by molar-refractivity contribution is 9.10. The average Bonchev–Trinajstić information content (AvgIpc) is 2.49. The normalized spacial score (nSPS) is 12.2. The van der Waals surface area contributed by atoms with Crippen LogP contribution in [-0.2, 0) is 4.79 Å². The van der Waals surface area contributed by atoms with E-state index in [-0.39, 0.29) is 30.2 Å². The van der Waals surface area contributed by atoms with Gasteiger partial charge in [0.2, 0.25) is 5.91 Å². The molecular weight excluding hydrogens is 359 g/mol. The number of amides is 1. The summed E-state index contributed by atoms with van der Waals surface area (Å²) in [5.41, 5.74) is 1.71. The van der Waals surface area contributed by atoms with E-state index in [1.807, 2.05) is 24.3 Å². The van der Waals surface area contributed by atoms with Crippen LogP contribution in [0, 0.1) is 11.7 Å². The largest absolute Gasteiger partial charge is 0.325 e. The molecule has 0 saturated heterocycles. The number of carbonyl (C=O) groups is 1. The summed E-state index contributed by atoms with van der Waals surface area (Å²) >= 11 is 3.37. The van der Waals surface area contributed by atoms with Gasteiger partial charge in [0.25, 0.3) is 0 Å². The molecule has 0 radical (unpaired) electrons. The van der Waals surface area contributed by atoms with Gasteiger partial charge in [0, 0.05) is 16.2 Å². The fraction of sp³-hybridized carbons (Fsp3) is 0.278. The molecule has 3 nitrogen and oxygen atoms in total. The molecule has 2 N–H and O–H groups in total. The van der Waals surface area contributed by atoms with Crippen molar-refractivity contribution in [2.45, 2.75) is 19.9 Å². The van der Waals surface area contributed by atoms with E-state index in [9.17, 15) is 9.18 Å². The van der Waals surface area contributed by atoms with Gasteiger partial charge >= 0.3 is 0 Å². The molecule has 0 bridgehead atoms. The van der Waals surface area contributed by atoms with E-state index in [0.29, 0.717) is 0 Å². The summed E-state index contributed by atoms with van der Waals surface area (Å²) in [6.45, 7) is 4.31. The van der Waals surface area contributed by atoms with E-state index < -0.39 is 0 Å². The Morgan fingerprint density at radius 3 is 2.48 bits per heavy atom. The van der Waals surface area contributed by atoms with Gasteiger partial charge in [-0.15, -0.1) is 0 Å². The number of anilines is 1. The fourth-order valence-electron chi connectivity index (χ4n) is 2.38. The van der Waals surface area contributed by atoms with Crippen molar-refractivity contribution in [2.75, 3.05) is 11.9 Å². The Labute approximate surface area is 144 Å². The van der Waals surface area contributed by atoms with Gasteiger partial charge in [0.1, 0.15) is 5.82 Å². The molecule has 2 rings (SSSR count). The predicted molar refractivity (Wildman–Crippen MR) is 94.8 cm³/mol. The SMILES string of the molecule is CC(C)[C@H](NCC(=O)Nc1cccc(Br)c1)c1ccc(F)cc1. The first-order valence-electron chi connectivity index (χ1n) is 7.50. The second kappa shape index (κ2) is 8.22. The lowest BCUT2D eigenvalue weighted by Crippen LogP contribution is -2.33. The van der Waals surface area contributed by atoms with Crippen LogP contribution in [-0.4, -0.2) is 12.5 Å². The van der Waals surface area contributed by atoms with Gasteiger partial charge in [-0.2, -0.15) is 0 Å². The summed E-state index contributed by atoms with van der Waals surface area (Å²) < 4.78 is 14.0. The third-order valence-corrected chi connectivity index (χ3v) is 3.98. The first-order chi connectivity index (χ1) is 11.0. The molecule has 0 aliphatic heterocycles. The summed E-state index contributed by atoms with van der Waals surface area (Å²) in [6.07, 6.45) is 0. The molecule has 2 aromatic rings. The molecule has 0 saturated carbocycles. The number of rotatable bonds is 6. The Bertz CT molecular complexity index is 658. The zero-order valence-corrected chi connectivity index (χ0v) is 14.7. The predicted octanol–water partition coefficient (Wildman–Crippen LogP) is 4.51. The smallest absolute Gasteiger partial charge is 0.238 e. The van der Waals surface area contributed by atoms with Crippen LogP contribution in [0.5, 0.6) is 0 Å². The van der Waals surface area contributed by atoms with Crippen LogP contribution in [0.1, 0.15) is 25.5 Å². The van der Waals surface area contributed by atoms with E-state index in [4.69, 9.17) is 0 Å². The van der Waals surface area contributed by atoms with Gasteiger partial charge in [0.05, 0.1) is 6.54 Å². The number of halogens is 2. The van der Waals surface area contributed by atoms with E-state index in [1.165, 1.54) is 12.1 Å². The number of nitrogens with one attached hydrogen (secondary N) is 2. The van der Waals surface area contributed by atoms with Crippen LogP contribution in [0.4, 0.5) is 10.1 Å². The minimum Gasteiger partial charge on any atom is -0.325 e. The summed E-state index contributed by atoms with van der Waals surface area (Å²) in [5.74, 6) is -0.0985. The average molecular weight is 379 g/mol. The van der Waals surface area contributed by atoms with E-state index >= 15 is 0 Å². The molecule has 0 aliphatic carbocycles. The standard InChI is InChI=1S/C18H20BrFN2O/c1-12(2)18(13-6-8-15(20)9-7-13)21-11-17(23)22-16-5-3-4-14(19)10-16/h3-10,12,18,21H,11H2,1-2H3,(H,22,23)/t18-/m0/s1. The molecule has 5 heteroatoms. The molecule has 0 fully saturated rings. The van der Waals surface area contributed by atoms with Gasteiger partial charge in [-0.05, 0) is 41.8 Å². The minimum atomic E-state index is -0.261. The van der Waals surface area contributed by atoms with Crippen molar-refractivity contribution in [1.29, 1.82) is 0 Å². The lowest BCUT2D eigenvalue weighted by molar-refractivity contribution is -0.115. The van der Waals surface area contributed by atoms with Crippen molar-refractivity contribution in [1.82, 2.24) is 5.32 Å². The second-order valence-corrected chi connectivity index (χ2v) is 6.63. The van der Waals surface area contributed by atoms with Gasteiger partial charge in [0.15, 0.2) is 0 Å². The maximum Gasteiger partial charge on any atom is 0.238 e. The molecule has 0 spiro atoms. The Kier molecular flexibility index (Phi) is 6.30. The highest BCUT2D eigenvalue weighted by Crippen LogP contribution is 2.22. The molecule has 122 valence electrons. The fourth-order valence-corrected chi connectivity index (χ4v) is 2.78. The monoisotopic (exact) mass is 378 g/mol. The number of hydrogen-bond donors (Lipinski definition) is 2.